The Morgan fingerprint density at radius 2 is 1.53 bits per heavy atom. The molecule has 0 amide bonds. The van der Waals surface area contributed by atoms with Crippen LogP contribution in [0.2, 0.25) is 0 Å². The minimum Gasteiger partial charge on any atom is -0.313 e. The summed E-state index contributed by atoms with van der Waals surface area (Å²) < 4.78 is 0. The van der Waals surface area contributed by atoms with E-state index in [1.54, 1.807) is 0 Å². The maximum atomic E-state index is 3.78. The molecule has 2 rings (SSSR count). The smallest absolute Gasteiger partial charge is 0.0107 e. The summed E-state index contributed by atoms with van der Waals surface area (Å²) in [4.78, 5) is 2.64. The first-order chi connectivity index (χ1) is 8.25. The maximum Gasteiger partial charge on any atom is 0.0107 e. The van der Waals surface area contributed by atoms with Crippen molar-refractivity contribution in [3.63, 3.8) is 0 Å². The lowest BCUT2D eigenvalue weighted by molar-refractivity contribution is 0.309. The third-order valence-electron chi connectivity index (χ3n) is 4.78. The topological polar surface area (TPSA) is 15.3 Å². The first-order valence-electron chi connectivity index (χ1n) is 7.71. The Kier molecular flexibility index (Phi) is 5.30. The summed E-state index contributed by atoms with van der Waals surface area (Å²) in [6.45, 7) is 9.86. The highest BCUT2D eigenvalue weighted by molar-refractivity contribution is 4.79. The van der Waals surface area contributed by atoms with Crippen LogP contribution >= 0.6 is 0 Å². The van der Waals surface area contributed by atoms with E-state index >= 15 is 0 Å². The molecule has 2 aliphatic rings. The summed E-state index contributed by atoms with van der Waals surface area (Å²) in [6, 6.07) is 0.815. The van der Waals surface area contributed by atoms with Crippen LogP contribution in [-0.4, -0.2) is 37.1 Å². The largest absolute Gasteiger partial charge is 0.313 e. The van der Waals surface area contributed by atoms with Crippen molar-refractivity contribution in [3.05, 3.63) is 0 Å². The van der Waals surface area contributed by atoms with Crippen LogP contribution in [-0.2, 0) is 0 Å². The first-order valence-corrected chi connectivity index (χ1v) is 7.71. The molecule has 100 valence electrons. The fraction of sp³-hybridized carbons (Fsp3) is 1.00. The zero-order valence-electron chi connectivity index (χ0n) is 11.8. The van der Waals surface area contributed by atoms with Gasteiger partial charge in [-0.05, 0) is 24.7 Å². The molecule has 1 saturated carbocycles. The lowest BCUT2D eigenvalue weighted by atomic mass is 10.0. The van der Waals surface area contributed by atoms with Gasteiger partial charge in [0.2, 0.25) is 0 Å². The second-order valence-corrected chi connectivity index (χ2v) is 6.36. The highest BCUT2D eigenvalue weighted by Crippen LogP contribution is 2.21. The van der Waals surface area contributed by atoms with Crippen LogP contribution in [0.15, 0.2) is 0 Å². The molecule has 17 heavy (non-hydrogen) atoms. The molecule has 2 nitrogen and oxygen atoms in total. The minimum atomic E-state index is 0.815. The lowest BCUT2D eigenvalue weighted by Crippen LogP contribution is -2.36. The van der Waals surface area contributed by atoms with Crippen LogP contribution in [0.25, 0.3) is 0 Å². The predicted octanol–water partition coefficient (Wildman–Crippen LogP) is 2.89. The average Bonchev–Trinajstić information content (AvgIpc) is 2.55. The molecule has 0 aromatic rings. The molecule has 0 aromatic heterocycles. The summed E-state index contributed by atoms with van der Waals surface area (Å²) in [5.74, 6) is 1.79. The molecule has 2 fully saturated rings. The van der Waals surface area contributed by atoms with E-state index in [1.807, 2.05) is 0 Å². The van der Waals surface area contributed by atoms with Gasteiger partial charge in [-0.2, -0.15) is 0 Å². The molecular weight excluding hydrogens is 208 g/mol. The van der Waals surface area contributed by atoms with Gasteiger partial charge in [0.15, 0.2) is 0 Å². The predicted molar refractivity (Wildman–Crippen MR) is 74.3 cm³/mol. The van der Waals surface area contributed by atoms with Crippen LogP contribution in [0.1, 0.15) is 52.4 Å². The van der Waals surface area contributed by atoms with E-state index in [1.165, 1.54) is 64.7 Å². The van der Waals surface area contributed by atoms with Gasteiger partial charge >= 0.3 is 0 Å². The van der Waals surface area contributed by atoms with Gasteiger partial charge in [-0.1, -0.05) is 39.5 Å². The van der Waals surface area contributed by atoms with E-state index in [9.17, 15) is 0 Å². The van der Waals surface area contributed by atoms with Crippen molar-refractivity contribution in [2.24, 2.45) is 11.8 Å². The highest BCUT2D eigenvalue weighted by atomic mass is 15.2. The zero-order valence-corrected chi connectivity index (χ0v) is 11.8. The van der Waals surface area contributed by atoms with Crippen LogP contribution in [0.4, 0.5) is 0 Å². The lowest BCUT2D eigenvalue weighted by Gasteiger charge is -2.20. The average molecular weight is 238 g/mol. The van der Waals surface area contributed by atoms with E-state index in [0.717, 1.165) is 17.9 Å². The van der Waals surface area contributed by atoms with Crippen LogP contribution < -0.4 is 5.32 Å². The molecule has 1 heterocycles. The summed E-state index contributed by atoms with van der Waals surface area (Å²) >= 11 is 0. The molecular formula is C15H30N2. The van der Waals surface area contributed by atoms with E-state index in [-0.39, 0.29) is 0 Å². The first kappa shape index (κ1) is 13.4. The number of rotatable bonds is 4. The Labute approximate surface area is 107 Å². The van der Waals surface area contributed by atoms with Crippen molar-refractivity contribution in [1.29, 1.82) is 0 Å². The molecule has 2 atom stereocenters. The Hall–Kier alpha value is -0.0800. The Morgan fingerprint density at radius 1 is 0.941 bits per heavy atom. The number of likely N-dealkylation sites (tertiary alicyclic amines) is 1. The molecule has 1 saturated heterocycles. The molecule has 0 aromatic carbocycles. The van der Waals surface area contributed by atoms with Gasteiger partial charge < -0.3 is 10.2 Å². The van der Waals surface area contributed by atoms with Crippen molar-refractivity contribution in [2.45, 2.75) is 58.4 Å². The van der Waals surface area contributed by atoms with Gasteiger partial charge in [0.1, 0.15) is 0 Å². The fourth-order valence-electron chi connectivity index (χ4n) is 3.34. The van der Waals surface area contributed by atoms with Crippen molar-refractivity contribution in [1.82, 2.24) is 10.2 Å². The van der Waals surface area contributed by atoms with E-state index in [0.29, 0.717) is 0 Å². The number of nitrogens with one attached hydrogen (secondary N) is 1. The summed E-state index contributed by atoms with van der Waals surface area (Å²) in [5.41, 5.74) is 0. The van der Waals surface area contributed by atoms with Gasteiger partial charge in [-0.25, -0.2) is 0 Å². The standard InChI is InChI=1S/C15H30N2/c1-13-11-17(12-14(13)2)10-9-16-15-7-5-3-4-6-8-15/h13-16H,3-12H2,1-2H3. The monoisotopic (exact) mass is 238 g/mol. The molecule has 1 N–H and O–H groups in total. The molecule has 0 bridgehead atoms. The highest BCUT2D eigenvalue weighted by Gasteiger charge is 2.25. The quantitative estimate of drug-likeness (QED) is 0.758. The molecule has 0 spiro atoms. The molecule has 1 aliphatic carbocycles. The van der Waals surface area contributed by atoms with Crippen LogP contribution in [0.5, 0.6) is 0 Å². The second-order valence-electron chi connectivity index (χ2n) is 6.36. The molecule has 2 unspecified atom stereocenters. The Morgan fingerprint density at radius 3 is 2.12 bits per heavy atom. The van der Waals surface area contributed by atoms with Gasteiger partial charge in [0.05, 0.1) is 0 Å². The van der Waals surface area contributed by atoms with Crippen LogP contribution in [0.3, 0.4) is 0 Å². The molecule has 2 heteroatoms. The number of hydrogen-bond donors (Lipinski definition) is 1. The van der Waals surface area contributed by atoms with E-state index < -0.39 is 0 Å². The van der Waals surface area contributed by atoms with Crippen molar-refractivity contribution in [3.8, 4) is 0 Å². The van der Waals surface area contributed by atoms with Gasteiger partial charge in [0, 0.05) is 32.2 Å². The van der Waals surface area contributed by atoms with Crippen molar-refractivity contribution < 1.29 is 0 Å². The summed E-state index contributed by atoms with van der Waals surface area (Å²) in [5, 5.41) is 3.78. The van der Waals surface area contributed by atoms with E-state index in [2.05, 4.69) is 24.1 Å². The fourth-order valence-corrected chi connectivity index (χ4v) is 3.34. The maximum absolute atomic E-state index is 3.78. The van der Waals surface area contributed by atoms with E-state index in [4.69, 9.17) is 0 Å². The van der Waals surface area contributed by atoms with Crippen molar-refractivity contribution in [2.75, 3.05) is 26.2 Å². The Balaban J connectivity index is 1.59. The van der Waals surface area contributed by atoms with Gasteiger partial charge in [-0.3, -0.25) is 0 Å². The SMILES string of the molecule is CC1CN(CCNC2CCCCCC2)CC1C. The van der Waals surface area contributed by atoms with Crippen molar-refractivity contribution >= 4 is 0 Å². The third-order valence-corrected chi connectivity index (χ3v) is 4.78. The zero-order chi connectivity index (χ0) is 12.1. The normalized spacial score (nSPS) is 32.8. The van der Waals surface area contributed by atoms with Gasteiger partial charge in [-0.15, -0.1) is 0 Å². The second kappa shape index (κ2) is 6.75. The van der Waals surface area contributed by atoms with Gasteiger partial charge in [0.25, 0.3) is 0 Å². The third kappa shape index (κ3) is 4.26. The summed E-state index contributed by atoms with van der Waals surface area (Å²) in [6.07, 6.45) is 8.61. The number of hydrogen-bond acceptors (Lipinski definition) is 2. The van der Waals surface area contributed by atoms with Crippen LogP contribution in [0, 0.1) is 11.8 Å². The Bertz CT molecular complexity index is 197. The minimum absolute atomic E-state index is 0.815. The molecule has 1 aliphatic heterocycles. The molecule has 0 radical (unpaired) electrons. The number of nitrogens with zero attached hydrogens (tertiary/aromatic N) is 1. The summed E-state index contributed by atoms with van der Waals surface area (Å²) in [7, 11) is 0.